The van der Waals surface area contributed by atoms with Crippen LogP contribution in [0.3, 0.4) is 0 Å². The minimum absolute atomic E-state index is 0.244. The lowest BCUT2D eigenvalue weighted by molar-refractivity contribution is -0.137. The smallest absolute Gasteiger partial charge is 0.310 e. The van der Waals surface area contributed by atoms with Gasteiger partial charge in [0.25, 0.3) is 5.56 Å². The molecule has 0 aliphatic carbocycles. The Hall–Kier alpha value is -3.01. The van der Waals surface area contributed by atoms with Gasteiger partial charge in [-0.2, -0.15) is 13.2 Å². The number of pyridine rings is 1. The third-order valence-electron chi connectivity index (χ3n) is 5.29. The second-order valence-corrected chi connectivity index (χ2v) is 9.57. The fourth-order valence-corrected chi connectivity index (χ4v) is 4.86. The minimum Gasteiger partial charge on any atom is -0.310 e. The number of aromatic nitrogens is 4. The molecule has 0 fully saturated rings. The highest BCUT2D eigenvalue weighted by Crippen LogP contribution is 2.31. The molecule has 186 valence electrons. The Bertz CT molecular complexity index is 1450. The van der Waals surface area contributed by atoms with E-state index < -0.39 is 11.7 Å². The van der Waals surface area contributed by atoms with Gasteiger partial charge in [0, 0.05) is 28.5 Å². The highest BCUT2D eigenvalue weighted by atomic mass is 35.5. The molecule has 0 bridgehead atoms. The summed E-state index contributed by atoms with van der Waals surface area (Å²) in [4.78, 5) is 13.3. The van der Waals surface area contributed by atoms with Gasteiger partial charge < -0.3 is 4.57 Å². The van der Waals surface area contributed by atoms with Gasteiger partial charge in [-0.3, -0.25) is 9.36 Å². The van der Waals surface area contributed by atoms with E-state index in [0.717, 1.165) is 17.7 Å². The lowest BCUT2D eigenvalue weighted by Crippen LogP contribution is -2.22. The van der Waals surface area contributed by atoms with E-state index in [1.807, 2.05) is 0 Å². The monoisotopic (exact) mass is 550 g/mol. The third-order valence-corrected chi connectivity index (χ3v) is 6.92. The number of allylic oxidation sites excluding steroid dienone is 1. The SMILES string of the molecule is C=CCn1c(SCc2ccc(C(F)(F)F)cc2)nnc1-c1cccn(Cc2ccc(Cl)cc2Cl)c1=O. The summed E-state index contributed by atoms with van der Waals surface area (Å²) in [6.45, 7) is 4.36. The lowest BCUT2D eigenvalue weighted by Gasteiger charge is -2.11. The summed E-state index contributed by atoms with van der Waals surface area (Å²) in [7, 11) is 0. The van der Waals surface area contributed by atoms with Crippen LogP contribution in [0.1, 0.15) is 16.7 Å². The van der Waals surface area contributed by atoms with E-state index in [1.165, 1.54) is 28.5 Å². The summed E-state index contributed by atoms with van der Waals surface area (Å²) in [5.74, 6) is 0.744. The molecule has 4 aromatic rings. The van der Waals surface area contributed by atoms with Gasteiger partial charge >= 0.3 is 6.18 Å². The maximum absolute atomic E-state index is 13.3. The van der Waals surface area contributed by atoms with Gasteiger partial charge in [-0.25, -0.2) is 0 Å². The number of hydrogen-bond acceptors (Lipinski definition) is 4. The third kappa shape index (κ3) is 5.86. The highest BCUT2D eigenvalue weighted by molar-refractivity contribution is 7.98. The Morgan fingerprint density at radius 2 is 1.81 bits per heavy atom. The number of thioether (sulfide) groups is 1. The predicted octanol–water partition coefficient (Wildman–Crippen LogP) is 6.96. The summed E-state index contributed by atoms with van der Waals surface area (Å²) in [6, 6.07) is 13.5. The average molecular weight is 551 g/mol. The molecule has 36 heavy (non-hydrogen) atoms. The first kappa shape index (κ1) is 26.1. The van der Waals surface area contributed by atoms with E-state index in [-0.39, 0.29) is 12.1 Å². The molecule has 0 radical (unpaired) electrons. The molecule has 0 aliphatic rings. The van der Waals surface area contributed by atoms with Crippen LogP contribution in [0.4, 0.5) is 13.2 Å². The number of halogens is 5. The molecule has 0 atom stereocenters. The lowest BCUT2D eigenvalue weighted by atomic mass is 10.1. The van der Waals surface area contributed by atoms with Crippen molar-refractivity contribution in [2.45, 2.75) is 30.2 Å². The highest BCUT2D eigenvalue weighted by Gasteiger charge is 2.30. The van der Waals surface area contributed by atoms with Crippen LogP contribution in [-0.4, -0.2) is 19.3 Å². The fraction of sp³-hybridized carbons (Fsp3) is 0.160. The van der Waals surface area contributed by atoms with Gasteiger partial charge in [0.2, 0.25) is 0 Å². The van der Waals surface area contributed by atoms with E-state index in [4.69, 9.17) is 23.2 Å². The van der Waals surface area contributed by atoms with Crippen molar-refractivity contribution >= 4 is 35.0 Å². The summed E-state index contributed by atoms with van der Waals surface area (Å²) in [6.07, 6.45) is -1.07. The van der Waals surface area contributed by atoms with Crippen molar-refractivity contribution in [2.24, 2.45) is 0 Å². The normalized spacial score (nSPS) is 11.6. The predicted molar refractivity (Wildman–Crippen MR) is 136 cm³/mol. The second-order valence-electron chi connectivity index (χ2n) is 7.78. The maximum atomic E-state index is 13.3. The topological polar surface area (TPSA) is 52.7 Å². The van der Waals surface area contributed by atoms with Crippen molar-refractivity contribution in [3.63, 3.8) is 0 Å². The molecule has 2 aromatic carbocycles. The van der Waals surface area contributed by atoms with E-state index in [9.17, 15) is 18.0 Å². The molecule has 0 N–H and O–H groups in total. The van der Waals surface area contributed by atoms with Crippen molar-refractivity contribution < 1.29 is 13.2 Å². The molecule has 11 heteroatoms. The van der Waals surface area contributed by atoms with Crippen molar-refractivity contribution in [3.05, 3.63) is 111 Å². The number of hydrogen-bond donors (Lipinski definition) is 0. The number of nitrogens with zero attached hydrogens (tertiary/aromatic N) is 4. The Morgan fingerprint density at radius 3 is 2.47 bits per heavy atom. The number of alkyl halides is 3. The van der Waals surface area contributed by atoms with E-state index in [0.29, 0.717) is 44.5 Å². The molecule has 4 rings (SSSR count). The number of benzene rings is 2. The second kappa shape index (κ2) is 10.9. The molecule has 2 aromatic heterocycles. The van der Waals surface area contributed by atoms with Gasteiger partial charge in [-0.05, 0) is 47.5 Å². The van der Waals surface area contributed by atoms with E-state index >= 15 is 0 Å². The molecule has 0 aliphatic heterocycles. The first-order valence-corrected chi connectivity index (χ1v) is 12.4. The van der Waals surface area contributed by atoms with Crippen molar-refractivity contribution in [3.8, 4) is 11.4 Å². The summed E-state index contributed by atoms with van der Waals surface area (Å²) in [5.41, 5.74) is 0.803. The molecule has 0 unspecified atom stereocenters. The van der Waals surface area contributed by atoms with Gasteiger partial charge in [-0.1, -0.05) is 59.2 Å². The first-order chi connectivity index (χ1) is 17.2. The van der Waals surface area contributed by atoms with E-state index in [1.54, 1.807) is 47.2 Å². The molecule has 0 saturated heterocycles. The molecule has 2 heterocycles. The van der Waals surface area contributed by atoms with Gasteiger partial charge in [0.15, 0.2) is 11.0 Å². The van der Waals surface area contributed by atoms with Gasteiger partial charge in [-0.15, -0.1) is 16.8 Å². The van der Waals surface area contributed by atoms with Crippen LogP contribution in [0.25, 0.3) is 11.4 Å². The van der Waals surface area contributed by atoms with Crippen molar-refractivity contribution in [2.75, 3.05) is 0 Å². The Kier molecular flexibility index (Phi) is 7.92. The standard InChI is InChI=1S/C25H19Cl2F3N4OS/c1-2-11-34-22(31-32-24(34)36-15-16-5-8-18(9-6-16)25(28,29)30)20-4-3-12-33(23(20)35)14-17-7-10-19(26)13-21(17)27/h2-10,12-13H,1,11,14-15H2. The van der Waals surface area contributed by atoms with Crippen molar-refractivity contribution in [1.29, 1.82) is 0 Å². The summed E-state index contributed by atoms with van der Waals surface area (Å²) < 4.78 is 41.7. The first-order valence-electron chi connectivity index (χ1n) is 10.6. The number of rotatable bonds is 8. The molecule has 0 spiro atoms. The van der Waals surface area contributed by atoms with Crippen LogP contribution < -0.4 is 5.56 Å². The van der Waals surface area contributed by atoms with Crippen LogP contribution in [0, 0.1) is 0 Å². The molecule has 5 nitrogen and oxygen atoms in total. The van der Waals surface area contributed by atoms with Crippen LogP contribution in [-0.2, 0) is 25.0 Å². The van der Waals surface area contributed by atoms with Gasteiger partial charge in [0.1, 0.15) is 0 Å². The Labute approximate surface area is 219 Å². The molecule has 0 saturated carbocycles. The van der Waals surface area contributed by atoms with E-state index in [2.05, 4.69) is 16.8 Å². The zero-order valence-corrected chi connectivity index (χ0v) is 21.0. The van der Waals surface area contributed by atoms with Crippen molar-refractivity contribution in [1.82, 2.24) is 19.3 Å². The summed E-state index contributed by atoms with van der Waals surface area (Å²) in [5, 5.41) is 9.94. The minimum atomic E-state index is -4.38. The quantitative estimate of drug-likeness (QED) is 0.176. The zero-order valence-electron chi connectivity index (χ0n) is 18.7. The van der Waals surface area contributed by atoms with Crippen LogP contribution in [0.15, 0.2) is 83.4 Å². The summed E-state index contributed by atoms with van der Waals surface area (Å²) >= 11 is 13.6. The fourth-order valence-electron chi connectivity index (χ4n) is 3.49. The molecular weight excluding hydrogens is 532 g/mol. The van der Waals surface area contributed by atoms with Crippen LogP contribution in [0.5, 0.6) is 0 Å². The maximum Gasteiger partial charge on any atom is 0.416 e. The molecular formula is C25H19Cl2F3N4OS. The van der Waals surface area contributed by atoms with Gasteiger partial charge in [0.05, 0.1) is 17.7 Å². The Balaban J connectivity index is 1.60. The largest absolute Gasteiger partial charge is 0.416 e. The molecule has 0 amide bonds. The average Bonchev–Trinajstić information content (AvgIpc) is 3.23. The zero-order chi connectivity index (χ0) is 25.9. The van der Waals surface area contributed by atoms with Crippen LogP contribution >= 0.6 is 35.0 Å². The van der Waals surface area contributed by atoms with Crippen LogP contribution in [0.2, 0.25) is 10.0 Å². The Morgan fingerprint density at radius 1 is 1.06 bits per heavy atom.